The van der Waals surface area contributed by atoms with Crippen LogP contribution < -0.4 is 14.4 Å². The average molecular weight is 438 g/mol. The van der Waals surface area contributed by atoms with E-state index in [0.717, 1.165) is 10.4 Å². The minimum Gasteiger partial charge on any atom is -0.485 e. The summed E-state index contributed by atoms with van der Waals surface area (Å²) in [6, 6.07) is 18.5. The number of rotatable bonds is 4. The normalized spacial score (nSPS) is 15.2. The van der Waals surface area contributed by atoms with E-state index < -0.39 is 6.10 Å². The van der Waals surface area contributed by atoms with Crippen LogP contribution >= 0.6 is 22.9 Å². The van der Waals surface area contributed by atoms with Crippen LogP contribution in [0.5, 0.6) is 11.5 Å². The van der Waals surface area contributed by atoms with Crippen LogP contribution in [0, 0.1) is 0 Å². The number of halogens is 1. The molecular formula is C22H16ClN3O3S. The van der Waals surface area contributed by atoms with Crippen LogP contribution in [-0.2, 0) is 11.3 Å². The Kier molecular flexibility index (Phi) is 4.98. The first-order valence-corrected chi connectivity index (χ1v) is 10.5. The first kappa shape index (κ1) is 18.8. The number of hydrogen-bond donors (Lipinski definition) is 0. The van der Waals surface area contributed by atoms with Gasteiger partial charge in [-0.15, -0.1) is 0 Å². The quantitative estimate of drug-likeness (QED) is 0.462. The Bertz CT molecular complexity index is 1210. The molecular weight excluding hydrogens is 422 g/mol. The van der Waals surface area contributed by atoms with Crippen molar-refractivity contribution in [2.45, 2.75) is 12.6 Å². The third kappa shape index (κ3) is 3.58. The zero-order valence-corrected chi connectivity index (χ0v) is 17.3. The van der Waals surface area contributed by atoms with E-state index in [9.17, 15) is 4.79 Å². The number of amides is 1. The van der Waals surface area contributed by atoms with Crippen molar-refractivity contribution in [3.63, 3.8) is 0 Å². The van der Waals surface area contributed by atoms with E-state index in [1.54, 1.807) is 23.2 Å². The number of ether oxygens (including phenoxy) is 2. The molecule has 0 unspecified atom stereocenters. The van der Waals surface area contributed by atoms with E-state index in [1.165, 1.54) is 11.3 Å². The van der Waals surface area contributed by atoms with E-state index >= 15 is 0 Å². The molecule has 150 valence electrons. The molecule has 0 N–H and O–H groups in total. The van der Waals surface area contributed by atoms with Crippen LogP contribution in [-0.4, -0.2) is 28.6 Å². The number of hydrogen-bond acceptors (Lipinski definition) is 6. The van der Waals surface area contributed by atoms with Gasteiger partial charge < -0.3 is 9.47 Å². The van der Waals surface area contributed by atoms with Gasteiger partial charge in [0.2, 0.25) is 6.10 Å². The zero-order chi connectivity index (χ0) is 20.5. The van der Waals surface area contributed by atoms with Crippen molar-refractivity contribution in [1.82, 2.24) is 9.97 Å². The third-order valence-corrected chi connectivity index (χ3v) is 6.03. The summed E-state index contributed by atoms with van der Waals surface area (Å²) < 4.78 is 12.6. The number of fused-ring (bicyclic) bond motifs is 2. The Balaban J connectivity index is 1.50. The molecule has 1 aliphatic rings. The predicted octanol–water partition coefficient (Wildman–Crippen LogP) is 4.72. The second kappa shape index (κ2) is 7.93. The maximum absolute atomic E-state index is 13.5. The molecule has 1 aliphatic heterocycles. The fourth-order valence-electron chi connectivity index (χ4n) is 3.23. The molecule has 2 aromatic heterocycles. The molecule has 30 heavy (non-hydrogen) atoms. The first-order chi connectivity index (χ1) is 14.7. The molecule has 0 spiro atoms. The number of anilines is 1. The van der Waals surface area contributed by atoms with E-state index in [0.29, 0.717) is 27.2 Å². The average Bonchev–Trinajstić information content (AvgIpc) is 3.23. The fourth-order valence-corrected chi connectivity index (χ4v) is 4.50. The van der Waals surface area contributed by atoms with Crippen LogP contribution in [0.2, 0.25) is 5.02 Å². The molecule has 4 aromatic rings. The fraction of sp³-hybridized carbons (Fsp3) is 0.136. The lowest BCUT2D eigenvalue weighted by Gasteiger charge is -2.29. The summed E-state index contributed by atoms with van der Waals surface area (Å²) in [4.78, 5) is 24.1. The van der Waals surface area contributed by atoms with E-state index in [1.807, 2.05) is 48.5 Å². The van der Waals surface area contributed by atoms with Gasteiger partial charge in [-0.3, -0.25) is 14.7 Å². The van der Waals surface area contributed by atoms with Gasteiger partial charge in [0.15, 0.2) is 16.6 Å². The topological polar surface area (TPSA) is 64.6 Å². The molecule has 0 fully saturated rings. The third-order valence-electron chi connectivity index (χ3n) is 4.69. The van der Waals surface area contributed by atoms with Crippen molar-refractivity contribution in [3.05, 3.63) is 77.6 Å². The minimum atomic E-state index is -0.786. The van der Waals surface area contributed by atoms with Crippen molar-refractivity contribution >= 4 is 44.2 Å². The second-order valence-electron chi connectivity index (χ2n) is 6.69. The SMILES string of the molecule is O=C([C@H]1COc2ccccc2O1)N(Cc1ccccn1)c1nc2c(Cl)cccc2s1. The highest BCUT2D eigenvalue weighted by Gasteiger charge is 2.33. The van der Waals surface area contributed by atoms with E-state index in [-0.39, 0.29) is 19.1 Å². The number of thiazole rings is 1. The lowest BCUT2D eigenvalue weighted by molar-refractivity contribution is -0.127. The molecule has 2 aromatic carbocycles. The summed E-state index contributed by atoms with van der Waals surface area (Å²) in [6.07, 6.45) is 0.912. The van der Waals surface area contributed by atoms with Crippen LogP contribution in [0.4, 0.5) is 5.13 Å². The van der Waals surface area contributed by atoms with Gasteiger partial charge in [0, 0.05) is 6.20 Å². The number of benzene rings is 2. The highest BCUT2D eigenvalue weighted by atomic mass is 35.5. The Morgan fingerprint density at radius 3 is 2.73 bits per heavy atom. The van der Waals surface area contributed by atoms with Crippen molar-refractivity contribution in [1.29, 1.82) is 0 Å². The molecule has 8 heteroatoms. The van der Waals surface area contributed by atoms with Crippen molar-refractivity contribution in [2.75, 3.05) is 11.5 Å². The van der Waals surface area contributed by atoms with Gasteiger partial charge in [0.1, 0.15) is 12.1 Å². The molecule has 0 bridgehead atoms. The molecule has 1 atom stereocenters. The molecule has 0 radical (unpaired) electrons. The monoisotopic (exact) mass is 437 g/mol. The Labute approximate surface area is 181 Å². The Hall–Kier alpha value is -3.16. The molecule has 5 rings (SSSR count). The summed E-state index contributed by atoms with van der Waals surface area (Å²) in [6.45, 7) is 0.388. The van der Waals surface area contributed by atoms with Crippen molar-refractivity contribution < 1.29 is 14.3 Å². The van der Waals surface area contributed by atoms with Gasteiger partial charge in [-0.25, -0.2) is 4.98 Å². The van der Waals surface area contributed by atoms with Crippen molar-refractivity contribution in [3.8, 4) is 11.5 Å². The van der Waals surface area contributed by atoms with Gasteiger partial charge in [-0.1, -0.05) is 47.2 Å². The number of aromatic nitrogens is 2. The standard InChI is InChI=1S/C22H16ClN3O3S/c23-15-7-5-10-19-20(15)25-22(30-19)26(12-14-6-3-4-11-24-14)21(27)18-13-28-16-8-1-2-9-17(16)29-18/h1-11,18H,12-13H2/t18-/m1/s1. The minimum absolute atomic E-state index is 0.125. The molecule has 1 amide bonds. The molecule has 0 saturated heterocycles. The number of carbonyl (C=O) groups excluding carboxylic acids is 1. The number of pyridine rings is 1. The summed E-state index contributed by atoms with van der Waals surface area (Å²) >= 11 is 7.71. The van der Waals surface area contributed by atoms with Crippen LogP contribution in [0.3, 0.4) is 0 Å². The Morgan fingerprint density at radius 2 is 1.93 bits per heavy atom. The van der Waals surface area contributed by atoms with Crippen LogP contribution in [0.15, 0.2) is 66.9 Å². The predicted molar refractivity (Wildman–Crippen MR) is 116 cm³/mol. The van der Waals surface area contributed by atoms with E-state index in [4.69, 9.17) is 21.1 Å². The van der Waals surface area contributed by atoms with Gasteiger partial charge in [0.05, 0.1) is 22.0 Å². The van der Waals surface area contributed by atoms with Gasteiger partial charge >= 0.3 is 0 Å². The lowest BCUT2D eigenvalue weighted by Crippen LogP contribution is -2.46. The zero-order valence-electron chi connectivity index (χ0n) is 15.7. The smallest absolute Gasteiger partial charge is 0.273 e. The molecule has 6 nitrogen and oxygen atoms in total. The Morgan fingerprint density at radius 1 is 1.10 bits per heavy atom. The van der Waals surface area contributed by atoms with Gasteiger partial charge in [-0.05, 0) is 36.4 Å². The van der Waals surface area contributed by atoms with Crippen LogP contribution in [0.25, 0.3) is 10.2 Å². The molecule has 3 heterocycles. The lowest BCUT2D eigenvalue weighted by atomic mass is 10.2. The number of nitrogens with zero attached hydrogens (tertiary/aromatic N) is 3. The number of para-hydroxylation sites is 3. The largest absolute Gasteiger partial charge is 0.485 e. The second-order valence-corrected chi connectivity index (χ2v) is 8.11. The van der Waals surface area contributed by atoms with Crippen molar-refractivity contribution in [2.24, 2.45) is 0 Å². The van der Waals surface area contributed by atoms with E-state index in [2.05, 4.69) is 9.97 Å². The highest BCUT2D eigenvalue weighted by Crippen LogP contribution is 2.35. The summed E-state index contributed by atoms with van der Waals surface area (Å²) in [5, 5.41) is 1.09. The maximum Gasteiger partial charge on any atom is 0.273 e. The summed E-state index contributed by atoms with van der Waals surface area (Å²) in [5.41, 5.74) is 1.41. The molecule has 0 aliphatic carbocycles. The molecule has 0 saturated carbocycles. The van der Waals surface area contributed by atoms with Gasteiger partial charge in [-0.2, -0.15) is 0 Å². The summed E-state index contributed by atoms with van der Waals surface area (Å²) in [7, 11) is 0. The summed E-state index contributed by atoms with van der Waals surface area (Å²) in [5.74, 6) is 0.933. The highest BCUT2D eigenvalue weighted by molar-refractivity contribution is 7.22. The maximum atomic E-state index is 13.5. The first-order valence-electron chi connectivity index (χ1n) is 9.34. The van der Waals surface area contributed by atoms with Gasteiger partial charge in [0.25, 0.3) is 5.91 Å². The van der Waals surface area contributed by atoms with Crippen LogP contribution in [0.1, 0.15) is 5.69 Å². The number of carbonyl (C=O) groups is 1.